The van der Waals surface area contributed by atoms with Gasteiger partial charge in [0, 0.05) is 45.0 Å². The third-order valence-corrected chi connectivity index (χ3v) is 4.05. The lowest BCUT2D eigenvalue weighted by Crippen LogP contribution is -2.44. The summed E-state index contributed by atoms with van der Waals surface area (Å²) in [6, 6.07) is 4.24. The zero-order chi connectivity index (χ0) is 15.2. The molecule has 0 bridgehead atoms. The number of piperazine rings is 1. The Morgan fingerprint density at radius 3 is 2.52 bits per heavy atom. The van der Waals surface area contributed by atoms with Crippen molar-refractivity contribution >= 4 is 11.5 Å². The van der Waals surface area contributed by atoms with Gasteiger partial charge in [-0.15, -0.1) is 0 Å². The van der Waals surface area contributed by atoms with Gasteiger partial charge in [-0.25, -0.2) is 4.98 Å². The fraction of sp³-hybridized carbons (Fsp3) is 0.529. The van der Waals surface area contributed by atoms with Crippen molar-refractivity contribution < 1.29 is 0 Å². The molecule has 1 aliphatic rings. The molecule has 114 valence electrons. The van der Waals surface area contributed by atoms with Gasteiger partial charge in [0.15, 0.2) is 0 Å². The molecular weight excluding hydrogens is 260 g/mol. The first-order chi connectivity index (χ1) is 10.1. The van der Waals surface area contributed by atoms with Gasteiger partial charge < -0.3 is 9.80 Å². The molecule has 0 N–H and O–H groups in total. The van der Waals surface area contributed by atoms with Gasteiger partial charge in [0.2, 0.25) is 0 Å². The van der Waals surface area contributed by atoms with Crippen molar-refractivity contribution in [3.05, 3.63) is 35.5 Å². The minimum Gasteiger partial charge on any atom is -0.354 e. The van der Waals surface area contributed by atoms with Gasteiger partial charge in [0.05, 0.1) is 5.71 Å². The van der Waals surface area contributed by atoms with Crippen molar-refractivity contribution in [2.24, 2.45) is 4.99 Å². The largest absolute Gasteiger partial charge is 0.354 e. The van der Waals surface area contributed by atoms with Crippen molar-refractivity contribution in [2.45, 2.75) is 20.3 Å². The van der Waals surface area contributed by atoms with E-state index in [1.54, 1.807) is 0 Å². The highest BCUT2D eigenvalue weighted by Gasteiger charge is 2.15. The summed E-state index contributed by atoms with van der Waals surface area (Å²) in [4.78, 5) is 13.7. The van der Waals surface area contributed by atoms with E-state index in [1.165, 1.54) is 5.57 Å². The van der Waals surface area contributed by atoms with Crippen LogP contribution in [0.25, 0.3) is 0 Å². The summed E-state index contributed by atoms with van der Waals surface area (Å²) in [6.45, 7) is 8.59. The van der Waals surface area contributed by atoms with Crippen LogP contribution in [-0.4, -0.2) is 55.9 Å². The fourth-order valence-corrected chi connectivity index (χ4v) is 2.37. The summed E-state index contributed by atoms with van der Waals surface area (Å²) in [5, 5.41) is 0. The molecule has 0 unspecified atom stereocenters. The minimum atomic E-state index is 1.01. The van der Waals surface area contributed by atoms with Crippen molar-refractivity contribution in [3.63, 3.8) is 0 Å². The molecule has 0 amide bonds. The van der Waals surface area contributed by atoms with E-state index in [9.17, 15) is 0 Å². The van der Waals surface area contributed by atoms with Crippen LogP contribution >= 0.6 is 0 Å². The summed E-state index contributed by atoms with van der Waals surface area (Å²) in [5.74, 6) is 1.07. The number of allylic oxidation sites excluding steroid dienone is 2. The highest BCUT2D eigenvalue weighted by Crippen LogP contribution is 2.15. The maximum atomic E-state index is 4.63. The third kappa shape index (κ3) is 4.14. The van der Waals surface area contributed by atoms with Gasteiger partial charge in [0.25, 0.3) is 0 Å². The lowest BCUT2D eigenvalue weighted by Gasteiger charge is -2.33. The van der Waals surface area contributed by atoms with E-state index in [1.807, 2.05) is 13.2 Å². The number of likely N-dealkylation sites (N-methyl/N-ethyl adjacent to an activating group) is 1. The molecule has 0 radical (unpaired) electrons. The fourth-order valence-electron chi connectivity index (χ4n) is 2.37. The Kier molecular flexibility index (Phi) is 5.51. The van der Waals surface area contributed by atoms with Crippen LogP contribution in [0.3, 0.4) is 0 Å². The van der Waals surface area contributed by atoms with Gasteiger partial charge in [-0.05, 0) is 38.6 Å². The summed E-state index contributed by atoms with van der Waals surface area (Å²) in [5.41, 5.74) is 3.42. The van der Waals surface area contributed by atoms with Crippen LogP contribution in [-0.2, 0) is 0 Å². The molecule has 1 saturated heterocycles. The predicted molar refractivity (Wildman–Crippen MR) is 90.5 cm³/mol. The number of aromatic nitrogens is 1. The van der Waals surface area contributed by atoms with Crippen molar-refractivity contribution in [2.75, 3.05) is 45.2 Å². The zero-order valence-electron chi connectivity index (χ0n) is 13.6. The van der Waals surface area contributed by atoms with Crippen molar-refractivity contribution in [3.8, 4) is 0 Å². The summed E-state index contributed by atoms with van der Waals surface area (Å²) in [6.07, 6.45) is 5.13. The van der Waals surface area contributed by atoms with E-state index in [4.69, 9.17) is 0 Å². The first-order valence-electron chi connectivity index (χ1n) is 7.68. The molecule has 4 nitrogen and oxygen atoms in total. The third-order valence-electron chi connectivity index (χ3n) is 4.05. The van der Waals surface area contributed by atoms with E-state index >= 15 is 0 Å². The number of nitrogens with zero attached hydrogens (tertiary/aromatic N) is 4. The second-order valence-corrected chi connectivity index (χ2v) is 5.65. The van der Waals surface area contributed by atoms with Crippen molar-refractivity contribution in [1.82, 2.24) is 9.88 Å². The molecule has 4 heteroatoms. The maximum Gasteiger partial charge on any atom is 0.128 e. The van der Waals surface area contributed by atoms with E-state index in [0.717, 1.165) is 49.7 Å². The van der Waals surface area contributed by atoms with Crippen LogP contribution in [0, 0.1) is 0 Å². The highest BCUT2D eigenvalue weighted by molar-refractivity contribution is 6.08. The number of hydrogen-bond donors (Lipinski definition) is 0. The van der Waals surface area contributed by atoms with Gasteiger partial charge in [-0.3, -0.25) is 4.99 Å². The number of anilines is 1. The SMILES string of the molecule is CC/C(C)=C\C(=NC)c1ccc(N2CCN(C)CC2)nc1. The molecular formula is C17H26N4. The molecule has 2 heterocycles. The van der Waals surface area contributed by atoms with Crippen molar-refractivity contribution in [1.29, 1.82) is 0 Å². The topological polar surface area (TPSA) is 31.7 Å². The van der Waals surface area contributed by atoms with Crippen LogP contribution in [0.2, 0.25) is 0 Å². The zero-order valence-corrected chi connectivity index (χ0v) is 13.6. The highest BCUT2D eigenvalue weighted by atomic mass is 15.3. The molecule has 1 fully saturated rings. The van der Waals surface area contributed by atoms with Gasteiger partial charge >= 0.3 is 0 Å². The van der Waals surface area contributed by atoms with Crippen LogP contribution in [0.4, 0.5) is 5.82 Å². The van der Waals surface area contributed by atoms with E-state index in [0.29, 0.717) is 0 Å². The Bertz CT molecular complexity index is 508. The second-order valence-electron chi connectivity index (χ2n) is 5.65. The lowest BCUT2D eigenvalue weighted by molar-refractivity contribution is 0.312. The second kappa shape index (κ2) is 7.36. The van der Waals surface area contributed by atoms with E-state index in [2.05, 4.69) is 58.9 Å². The first kappa shape index (κ1) is 15.7. The average Bonchev–Trinajstić information content (AvgIpc) is 2.53. The van der Waals surface area contributed by atoms with Gasteiger partial charge in [-0.1, -0.05) is 12.5 Å². The Labute approximate surface area is 128 Å². The van der Waals surface area contributed by atoms with E-state index in [-0.39, 0.29) is 0 Å². The molecule has 0 atom stereocenters. The van der Waals surface area contributed by atoms with Crippen LogP contribution < -0.4 is 4.90 Å². The number of aliphatic imine (C=N–C) groups is 1. The summed E-state index contributed by atoms with van der Waals surface area (Å²) < 4.78 is 0. The quantitative estimate of drug-likeness (QED) is 0.797. The monoisotopic (exact) mass is 286 g/mol. The van der Waals surface area contributed by atoms with Gasteiger partial charge in [-0.2, -0.15) is 0 Å². The molecule has 1 aliphatic heterocycles. The average molecular weight is 286 g/mol. The Balaban J connectivity index is 2.11. The standard InChI is InChI=1S/C17H26N4/c1-5-14(2)12-16(18-3)15-6-7-17(19-13-15)21-10-8-20(4)9-11-21/h6-7,12-13H,5,8-11H2,1-4H3/b14-12-,18-16?. The molecule has 0 aliphatic carbocycles. The molecule has 2 rings (SSSR count). The smallest absolute Gasteiger partial charge is 0.128 e. The first-order valence-corrected chi connectivity index (χ1v) is 7.68. The summed E-state index contributed by atoms with van der Waals surface area (Å²) in [7, 11) is 4.00. The van der Waals surface area contributed by atoms with Gasteiger partial charge in [0.1, 0.15) is 5.82 Å². The number of hydrogen-bond acceptors (Lipinski definition) is 4. The predicted octanol–water partition coefficient (Wildman–Crippen LogP) is 2.61. The Morgan fingerprint density at radius 2 is 2.00 bits per heavy atom. The molecule has 21 heavy (non-hydrogen) atoms. The van der Waals surface area contributed by atoms with Crippen LogP contribution in [0.1, 0.15) is 25.8 Å². The molecule has 0 saturated carbocycles. The number of pyridine rings is 1. The number of rotatable bonds is 4. The molecule has 1 aromatic heterocycles. The molecule has 1 aromatic rings. The summed E-state index contributed by atoms with van der Waals surface area (Å²) >= 11 is 0. The Morgan fingerprint density at radius 1 is 1.29 bits per heavy atom. The van der Waals surface area contributed by atoms with E-state index < -0.39 is 0 Å². The lowest BCUT2D eigenvalue weighted by atomic mass is 10.1. The Hall–Kier alpha value is -1.68. The molecule has 0 spiro atoms. The molecule has 0 aromatic carbocycles. The minimum absolute atomic E-state index is 1.01. The normalized spacial score (nSPS) is 18.2. The van der Waals surface area contributed by atoms with Crippen LogP contribution in [0.15, 0.2) is 35.0 Å². The maximum absolute atomic E-state index is 4.63. The van der Waals surface area contributed by atoms with Crippen LogP contribution in [0.5, 0.6) is 0 Å².